The second kappa shape index (κ2) is 10.9. The van der Waals surface area contributed by atoms with E-state index in [9.17, 15) is 14.4 Å². The number of nitrogens with one attached hydrogen (secondary N) is 2. The molecule has 0 fully saturated rings. The van der Waals surface area contributed by atoms with Crippen molar-refractivity contribution in [2.75, 3.05) is 11.1 Å². The number of carbonyl (C=O) groups is 2. The van der Waals surface area contributed by atoms with Gasteiger partial charge in [0.25, 0.3) is 11.5 Å². The lowest BCUT2D eigenvalue weighted by atomic mass is 10.2. The molecule has 0 radical (unpaired) electrons. The summed E-state index contributed by atoms with van der Waals surface area (Å²) in [6.07, 6.45) is 1.67. The SMILES string of the molecule is Cc1c(NC(=O)CSc2ccccc2C(=O)NCc2ccccn2)c(=O)n(-c2ccccc2)n1C. The maximum Gasteiger partial charge on any atom is 0.295 e. The average molecular weight is 488 g/mol. The number of amides is 2. The molecule has 0 aliphatic rings. The number of anilines is 1. The van der Waals surface area contributed by atoms with E-state index in [2.05, 4.69) is 15.6 Å². The first-order valence-corrected chi connectivity index (χ1v) is 12.0. The summed E-state index contributed by atoms with van der Waals surface area (Å²) in [5, 5.41) is 5.61. The first-order chi connectivity index (χ1) is 17.0. The van der Waals surface area contributed by atoms with Gasteiger partial charge in [0, 0.05) is 18.1 Å². The van der Waals surface area contributed by atoms with Crippen molar-refractivity contribution in [1.29, 1.82) is 0 Å². The second-order valence-electron chi connectivity index (χ2n) is 7.77. The van der Waals surface area contributed by atoms with Crippen LogP contribution >= 0.6 is 11.8 Å². The highest BCUT2D eigenvalue weighted by Gasteiger charge is 2.19. The number of hydrogen-bond donors (Lipinski definition) is 2. The molecule has 8 nitrogen and oxygen atoms in total. The third-order valence-corrected chi connectivity index (χ3v) is 6.54. The lowest BCUT2D eigenvalue weighted by molar-refractivity contribution is -0.113. The summed E-state index contributed by atoms with van der Waals surface area (Å²) < 4.78 is 3.22. The molecule has 0 unspecified atom stereocenters. The van der Waals surface area contributed by atoms with Gasteiger partial charge in [-0.05, 0) is 43.3 Å². The maximum absolute atomic E-state index is 13.0. The quantitative estimate of drug-likeness (QED) is 0.371. The number of nitrogens with zero attached hydrogens (tertiary/aromatic N) is 3. The van der Waals surface area contributed by atoms with Gasteiger partial charge in [-0.25, -0.2) is 4.68 Å². The van der Waals surface area contributed by atoms with Crippen LogP contribution in [0.25, 0.3) is 5.69 Å². The maximum atomic E-state index is 13.0. The summed E-state index contributed by atoms with van der Waals surface area (Å²) in [7, 11) is 1.77. The molecule has 2 aromatic carbocycles. The molecule has 2 amide bonds. The number of benzene rings is 2. The standard InChI is InChI=1S/C26H25N5O3S/c1-18-24(26(34)31(30(18)2)20-11-4-3-5-12-20)29-23(32)17-35-22-14-7-6-13-21(22)25(33)28-16-19-10-8-9-15-27-19/h3-15H,16-17H2,1-2H3,(H,28,33)(H,29,32). The summed E-state index contributed by atoms with van der Waals surface area (Å²) in [4.78, 5) is 43.4. The van der Waals surface area contributed by atoms with Crippen molar-refractivity contribution in [2.24, 2.45) is 7.05 Å². The van der Waals surface area contributed by atoms with E-state index >= 15 is 0 Å². The Morgan fingerprint density at radius 1 is 0.971 bits per heavy atom. The highest BCUT2D eigenvalue weighted by Crippen LogP contribution is 2.23. The Hall–Kier alpha value is -4.11. The fraction of sp³-hybridized carbons (Fsp3) is 0.154. The van der Waals surface area contributed by atoms with Crippen LogP contribution in [0, 0.1) is 6.92 Å². The summed E-state index contributed by atoms with van der Waals surface area (Å²) in [5.74, 6) is -0.530. The van der Waals surface area contributed by atoms with Crippen LogP contribution < -0.4 is 16.2 Å². The van der Waals surface area contributed by atoms with Crippen molar-refractivity contribution in [3.63, 3.8) is 0 Å². The monoisotopic (exact) mass is 487 g/mol. The van der Waals surface area contributed by atoms with E-state index in [1.165, 1.54) is 16.4 Å². The molecule has 0 saturated carbocycles. The van der Waals surface area contributed by atoms with E-state index in [0.29, 0.717) is 28.4 Å². The van der Waals surface area contributed by atoms with Gasteiger partial charge in [-0.1, -0.05) is 36.4 Å². The highest BCUT2D eigenvalue weighted by atomic mass is 32.2. The average Bonchev–Trinajstić information content (AvgIpc) is 3.10. The van der Waals surface area contributed by atoms with Crippen LogP contribution in [0.3, 0.4) is 0 Å². The molecular weight excluding hydrogens is 462 g/mol. The molecule has 0 spiro atoms. The molecule has 0 aliphatic carbocycles. The lowest BCUT2D eigenvalue weighted by Crippen LogP contribution is -2.24. The molecule has 9 heteroatoms. The van der Waals surface area contributed by atoms with Gasteiger partial charge in [0.2, 0.25) is 5.91 Å². The zero-order chi connectivity index (χ0) is 24.8. The Morgan fingerprint density at radius 2 is 1.69 bits per heavy atom. The van der Waals surface area contributed by atoms with Crippen LogP contribution in [0.2, 0.25) is 0 Å². The number of hydrogen-bond acceptors (Lipinski definition) is 5. The van der Waals surface area contributed by atoms with Gasteiger partial charge in [0.15, 0.2) is 0 Å². The van der Waals surface area contributed by atoms with Crippen molar-refractivity contribution in [3.05, 3.63) is 106 Å². The molecule has 0 saturated heterocycles. The molecule has 178 valence electrons. The minimum absolute atomic E-state index is 0.0453. The van der Waals surface area contributed by atoms with Crippen molar-refractivity contribution in [1.82, 2.24) is 19.7 Å². The topological polar surface area (TPSA) is 98.0 Å². The minimum atomic E-state index is -0.329. The number of thioether (sulfide) groups is 1. The number of pyridine rings is 1. The molecule has 0 aliphatic heterocycles. The Kier molecular flexibility index (Phi) is 7.47. The van der Waals surface area contributed by atoms with E-state index in [0.717, 1.165) is 5.69 Å². The molecule has 4 aromatic rings. The van der Waals surface area contributed by atoms with Crippen LogP contribution in [0.4, 0.5) is 5.69 Å². The zero-order valence-corrected chi connectivity index (χ0v) is 20.2. The zero-order valence-electron chi connectivity index (χ0n) is 19.4. The van der Waals surface area contributed by atoms with E-state index in [1.54, 1.807) is 43.0 Å². The Labute approximate surface area is 207 Å². The van der Waals surface area contributed by atoms with Gasteiger partial charge in [-0.2, -0.15) is 0 Å². The van der Waals surface area contributed by atoms with Crippen LogP contribution in [-0.4, -0.2) is 31.9 Å². The smallest absolute Gasteiger partial charge is 0.295 e. The summed E-state index contributed by atoms with van der Waals surface area (Å²) in [5.41, 5.74) is 2.52. The normalized spacial score (nSPS) is 10.7. The van der Waals surface area contributed by atoms with Gasteiger partial charge in [-0.3, -0.25) is 24.0 Å². The summed E-state index contributed by atoms with van der Waals surface area (Å²) >= 11 is 1.24. The molecule has 35 heavy (non-hydrogen) atoms. The number of carbonyl (C=O) groups excluding carboxylic acids is 2. The molecule has 2 heterocycles. The summed E-state index contributed by atoms with van der Waals surface area (Å²) in [6, 6.07) is 21.9. The molecule has 2 N–H and O–H groups in total. The lowest BCUT2D eigenvalue weighted by Gasteiger charge is -2.10. The predicted molar refractivity (Wildman–Crippen MR) is 137 cm³/mol. The van der Waals surface area contributed by atoms with Gasteiger partial charge in [-0.15, -0.1) is 11.8 Å². The fourth-order valence-corrected chi connectivity index (χ4v) is 4.43. The third-order valence-electron chi connectivity index (χ3n) is 5.47. The minimum Gasteiger partial charge on any atom is -0.346 e. The van der Waals surface area contributed by atoms with Crippen LogP contribution in [0.5, 0.6) is 0 Å². The molecular formula is C26H25N5O3S. The molecule has 4 rings (SSSR count). The predicted octanol–water partition coefficient (Wildman–Crippen LogP) is 3.54. The Bertz CT molecular complexity index is 1400. The summed E-state index contributed by atoms with van der Waals surface area (Å²) in [6.45, 7) is 2.09. The van der Waals surface area contributed by atoms with Gasteiger partial charge < -0.3 is 10.6 Å². The van der Waals surface area contributed by atoms with Crippen LogP contribution in [0.1, 0.15) is 21.7 Å². The first kappa shape index (κ1) is 24.0. The van der Waals surface area contributed by atoms with Crippen LogP contribution in [-0.2, 0) is 18.4 Å². The van der Waals surface area contributed by atoms with Gasteiger partial charge >= 0.3 is 0 Å². The third kappa shape index (κ3) is 5.52. The molecule has 2 aromatic heterocycles. The first-order valence-electron chi connectivity index (χ1n) is 11.0. The number of para-hydroxylation sites is 1. The van der Waals surface area contributed by atoms with E-state index in [4.69, 9.17) is 0 Å². The van der Waals surface area contributed by atoms with E-state index < -0.39 is 0 Å². The fourth-order valence-electron chi connectivity index (χ4n) is 3.58. The number of rotatable bonds is 8. The van der Waals surface area contributed by atoms with Crippen molar-refractivity contribution < 1.29 is 9.59 Å². The van der Waals surface area contributed by atoms with Gasteiger partial charge in [0.05, 0.1) is 34.9 Å². The second-order valence-corrected chi connectivity index (χ2v) is 8.79. The number of aromatic nitrogens is 3. The van der Waals surface area contributed by atoms with Crippen molar-refractivity contribution in [3.8, 4) is 5.69 Å². The van der Waals surface area contributed by atoms with Crippen molar-refractivity contribution in [2.45, 2.75) is 18.4 Å². The largest absolute Gasteiger partial charge is 0.346 e. The van der Waals surface area contributed by atoms with Crippen LogP contribution in [0.15, 0.2) is 88.7 Å². The Balaban J connectivity index is 1.43. The van der Waals surface area contributed by atoms with E-state index in [1.807, 2.05) is 54.6 Å². The van der Waals surface area contributed by atoms with E-state index in [-0.39, 0.29) is 28.8 Å². The highest BCUT2D eigenvalue weighted by molar-refractivity contribution is 8.00. The van der Waals surface area contributed by atoms with Crippen molar-refractivity contribution >= 4 is 29.3 Å². The molecule has 0 bridgehead atoms. The molecule has 0 atom stereocenters. The van der Waals surface area contributed by atoms with Gasteiger partial charge in [0.1, 0.15) is 5.69 Å². The Morgan fingerprint density at radius 3 is 2.43 bits per heavy atom.